The van der Waals surface area contributed by atoms with Gasteiger partial charge in [0, 0.05) is 30.3 Å². The number of aliphatic hydroxyl groups excluding tert-OH is 1. The number of benzene rings is 1. The van der Waals surface area contributed by atoms with Gasteiger partial charge in [0.2, 0.25) is 0 Å². The van der Waals surface area contributed by atoms with E-state index in [-0.39, 0.29) is 40.6 Å². The van der Waals surface area contributed by atoms with Gasteiger partial charge in [-0.1, -0.05) is 0 Å². The SMILES string of the molecule is Cc1c(F)cc(F)c(CNC(=S)NCCO)c1F.F. The molecule has 3 nitrogen and oxygen atoms in total. The maximum atomic E-state index is 13.6. The summed E-state index contributed by atoms with van der Waals surface area (Å²) in [5, 5.41) is 13.9. The molecule has 1 rings (SSSR count). The van der Waals surface area contributed by atoms with E-state index < -0.39 is 17.5 Å². The Morgan fingerprint density at radius 3 is 2.47 bits per heavy atom. The predicted molar refractivity (Wildman–Crippen MR) is 68.1 cm³/mol. The second-order valence-corrected chi connectivity index (χ2v) is 4.00. The standard InChI is InChI=1S/C11H13F3N2OS.FH/c1-6-8(12)4-9(13)7(10(6)14)5-16-11(18)15-2-3-17;/h4,17H,2-3,5H2,1H3,(H2,15,16,18);1H. The van der Waals surface area contributed by atoms with Crippen LogP contribution in [0, 0.1) is 24.4 Å². The Hall–Kier alpha value is -1.41. The fourth-order valence-electron chi connectivity index (χ4n) is 1.31. The first-order chi connectivity index (χ1) is 8.47. The summed E-state index contributed by atoms with van der Waals surface area (Å²) in [7, 11) is 0. The summed E-state index contributed by atoms with van der Waals surface area (Å²) in [6.07, 6.45) is 0. The van der Waals surface area contributed by atoms with Gasteiger partial charge in [-0.15, -0.1) is 0 Å². The van der Waals surface area contributed by atoms with Gasteiger partial charge < -0.3 is 15.7 Å². The lowest BCUT2D eigenvalue weighted by atomic mass is 10.1. The number of aliphatic hydroxyl groups is 1. The Morgan fingerprint density at radius 1 is 1.26 bits per heavy atom. The van der Waals surface area contributed by atoms with Crippen LogP contribution in [0.5, 0.6) is 0 Å². The molecule has 108 valence electrons. The number of thiocarbonyl (C=S) groups is 1. The van der Waals surface area contributed by atoms with Gasteiger partial charge in [-0.3, -0.25) is 4.70 Å². The van der Waals surface area contributed by atoms with Crippen molar-refractivity contribution in [2.45, 2.75) is 13.5 Å². The molecule has 0 aliphatic carbocycles. The number of nitrogens with one attached hydrogen (secondary N) is 2. The van der Waals surface area contributed by atoms with E-state index in [1.165, 1.54) is 6.92 Å². The Bertz CT molecular complexity index is 457. The van der Waals surface area contributed by atoms with E-state index in [2.05, 4.69) is 10.6 Å². The quantitative estimate of drug-likeness (QED) is 0.582. The first-order valence-corrected chi connectivity index (χ1v) is 5.63. The van der Waals surface area contributed by atoms with E-state index in [9.17, 15) is 13.2 Å². The molecule has 0 aliphatic rings. The van der Waals surface area contributed by atoms with Gasteiger partial charge in [0.15, 0.2) is 5.11 Å². The zero-order valence-electron chi connectivity index (χ0n) is 10.1. The third kappa shape index (κ3) is 4.64. The van der Waals surface area contributed by atoms with Crippen LogP contribution < -0.4 is 10.6 Å². The van der Waals surface area contributed by atoms with Crippen LogP contribution in [0.15, 0.2) is 6.07 Å². The van der Waals surface area contributed by atoms with Gasteiger partial charge in [0.1, 0.15) is 17.5 Å². The van der Waals surface area contributed by atoms with Crippen molar-refractivity contribution in [3.05, 3.63) is 34.6 Å². The fourth-order valence-corrected chi connectivity index (χ4v) is 1.48. The number of hydrogen-bond donors (Lipinski definition) is 3. The summed E-state index contributed by atoms with van der Waals surface area (Å²) >= 11 is 4.81. The maximum absolute atomic E-state index is 13.6. The minimum atomic E-state index is -0.965. The lowest BCUT2D eigenvalue weighted by molar-refractivity contribution is 0.300. The van der Waals surface area contributed by atoms with Gasteiger partial charge in [-0.05, 0) is 19.1 Å². The van der Waals surface area contributed by atoms with E-state index in [0.29, 0.717) is 6.07 Å². The van der Waals surface area contributed by atoms with Crippen LogP contribution in [0.4, 0.5) is 17.9 Å². The molecule has 0 saturated carbocycles. The highest BCUT2D eigenvalue weighted by Gasteiger charge is 2.15. The van der Waals surface area contributed by atoms with Crippen LogP contribution >= 0.6 is 12.2 Å². The molecule has 0 atom stereocenters. The molecule has 8 heteroatoms. The predicted octanol–water partition coefficient (Wildman–Crippen LogP) is 1.52. The molecule has 3 N–H and O–H groups in total. The van der Waals surface area contributed by atoms with Crippen LogP contribution in [0.1, 0.15) is 11.1 Å². The monoisotopic (exact) mass is 298 g/mol. The van der Waals surface area contributed by atoms with Crippen molar-refractivity contribution < 1.29 is 23.0 Å². The normalized spacial score (nSPS) is 9.74. The number of halogens is 4. The largest absolute Gasteiger partial charge is 0.395 e. The van der Waals surface area contributed by atoms with Gasteiger partial charge in [-0.25, -0.2) is 13.2 Å². The number of rotatable bonds is 4. The van der Waals surface area contributed by atoms with Crippen LogP contribution in [0.2, 0.25) is 0 Å². The molecule has 0 aromatic heterocycles. The molecule has 1 aromatic rings. The van der Waals surface area contributed by atoms with Crippen molar-refractivity contribution in [2.24, 2.45) is 0 Å². The summed E-state index contributed by atoms with van der Waals surface area (Å²) in [5.41, 5.74) is -0.510. The van der Waals surface area contributed by atoms with Crippen molar-refractivity contribution in [2.75, 3.05) is 13.2 Å². The molecule has 0 heterocycles. The Balaban J connectivity index is 0.00000324. The second-order valence-electron chi connectivity index (χ2n) is 3.59. The lowest BCUT2D eigenvalue weighted by Crippen LogP contribution is -2.36. The van der Waals surface area contributed by atoms with E-state index in [1.807, 2.05) is 0 Å². The van der Waals surface area contributed by atoms with Crippen molar-refractivity contribution in [1.29, 1.82) is 0 Å². The fraction of sp³-hybridized carbons (Fsp3) is 0.364. The van der Waals surface area contributed by atoms with E-state index >= 15 is 0 Å². The minimum Gasteiger partial charge on any atom is -0.395 e. The first kappa shape index (κ1) is 17.6. The summed E-state index contributed by atoms with van der Waals surface area (Å²) in [6, 6.07) is 0.639. The zero-order valence-corrected chi connectivity index (χ0v) is 10.9. The van der Waals surface area contributed by atoms with E-state index in [4.69, 9.17) is 17.3 Å². The topological polar surface area (TPSA) is 44.3 Å². The highest BCUT2D eigenvalue weighted by Crippen LogP contribution is 2.19. The third-order valence-electron chi connectivity index (χ3n) is 2.32. The van der Waals surface area contributed by atoms with Gasteiger partial charge in [-0.2, -0.15) is 0 Å². The Labute approximate surface area is 113 Å². The van der Waals surface area contributed by atoms with Gasteiger partial charge in [0.05, 0.1) is 6.61 Å². The Morgan fingerprint density at radius 2 is 1.89 bits per heavy atom. The van der Waals surface area contributed by atoms with Gasteiger partial charge in [0.25, 0.3) is 0 Å². The minimum absolute atomic E-state index is 0. The summed E-state index contributed by atoms with van der Waals surface area (Å²) in [5.74, 6) is -2.81. The molecule has 0 saturated heterocycles. The van der Waals surface area contributed by atoms with Crippen molar-refractivity contribution in [1.82, 2.24) is 10.6 Å². The van der Waals surface area contributed by atoms with Crippen LogP contribution in [-0.4, -0.2) is 23.4 Å². The molecule has 1 aromatic carbocycles. The highest BCUT2D eigenvalue weighted by molar-refractivity contribution is 7.80. The first-order valence-electron chi connectivity index (χ1n) is 5.23. The van der Waals surface area contributed by atoms with Crippen molar-refractivity contribution in [3.8, 4) is 0 Å². The van der Waals surface area contributed by atoms with Crippen LogP contribution in [0.25, 0.3) is 0 Å². The van der Waals surface area contributed by atoms with E-state index in [0.717, 1.165) is 0 Å². The van der Waals surface area contributed by atoms with Crippen LogP contribution in [0.3, 0.4) is 0 Å². The summed E-state index contributed by atoms with van der Waals surface area (Å²) in [4.78, 5) is 0. The van der Waals surface area contributed by atoms with Crippen LogP contribution in [-0.2, 0) is 6.54 Å². The summed E-state index contributed by atoms with van der Waals surface area (Å²) < 4.78 is 40.0. The van der Waals surface area contributed by atoms with Crippen molar-refractivity contribution in [3.63, 3.8) is 0 Å². The molecule has 0 aliphatic heterocycles. The third-order valence-corrected chi connectivity index (χ3v) is 2.61. The zero-order chi connectivity index (χ0) is 13.7. The molecular formula is C11H14F4N2OS. The molecule has 0 bridgehead atoms. The molecular weight excluding hydrogens is 284 g/mol. The average Bonchev–Trinajstić information content (AvgIpc) is 2.33. The Kier molecular flexibility index (Phi) is 7.32. The molecule has 0 amide bonds. The molecule has 0 radical (unpaired) electrons. The summed E-state index contributed by atoms with van der Waals surface area (Å²) in [6.45, 7) is 1.16. The second kappa shape index (κ2) is 7.90. The average molecular weight is 298 g/mol. The number of hydrogen-bond acceptors (Lipinski definition) is 2. The lowest BCUT2D eigenvalue weighted by Gasteiger charge is -2.12. The highest BCUT2D eigenvalue weighted by atomic mass is 32.1. The maximum Gasteiger partial charge on any atom is 0.166 e. The van der Waals surface area contributed by atoms with E-state index in [1.54, 1.807) is 0 Å². The molecule has 0 fully saturated rings. The molecule has 19 heavy (non-hydrogen) atoms. The molecule has 0 spiro atoms. The van der Waals surface area contributed by atoms with Gasteiger partial charge >= 0.3 is 0 Å². The molecule has 0 unspecified atom stereocenters. The smallest absolute Gasteiger partial charge is 0.166 e. The van der Waals surface area contributed by atoms with Crippen molar-refractivity contribution >= 4 is 17.3 Å².